The van der Waals surface area contributed by atoms with Crippen LogP contribution in [-0.2, 0) is 24.2 Å². The zero-order valence-corrected chi connectivity index (χ0v) is 17.9. The maximum atomic E-state index is 13.8. The molecule has 3 nitrogen and oxygen atoms in total. The predicted octanol–water partition coefficient (Wildman–Crippen LogP) is 5.78. The van der Waals surface area contributed by atoms with Crippen LogP contribution in [0.4, 0.5) is 20.2 Å². The Morgan fingerprint density at radius 1 is 1.13 bits per heavy atom. The Balaban J connectivity index is 1.42. The number of thiophene rings is 1. The SMILES string of the molecule is Cc1cc(N2CCc3sccc3C2)cc(C)c1NC(=O)CCc1ccc(F)cc1F. The number of halogens is 2. The molecule has 1 aliphatic heterocycles. The van der Waals surface area contributed by atoms with Gasteiger partial charge in [-0.05, 0) is 78.6 Å². The van der Waals surface area contributed by atoms with Gasteiger partial charge in [0, 0.05) is 41.8 Å². The molecule has 4 rings (SSSR count). The maximum Gasteiger partial charge on any atom is 0.224 e. The molecule has 0 fully saturated rings. The monoisotopic (exact) mass is 426 g/mol. The summed E-state index contributed by atoms with van der Waals surface area (Å²) in [6, 6.07) is 9.87. The average molecular weight is 427 g/mol. The van der Waals surface area contributed by atoms with Crippen molar-refractivity contribution in [3.8, 4) is 0 Å². The van der Waals surface area contributed by atoms with Gasteiger partial charge in [0.25, 0.3) is 0 Å². The minimum Gasteiger partial charge on any atom is -0.367 e. The van der Waals surface area contributed by atoms with Crippen LogP contribution in [0, 0.1) is 25.5 Å². The number of carbonyl (C=O) groups excluding carboxylic acids is 1. The Kier molecular flexibility index (Phi) is 5.86. The van der Waals surface area contributed by atoms with Crippen LogP contribution in [0.15, 0.2) is 41.8 Å². The number of aryl methyl sites for hydroxylation is 3. The van der Waals surface area contributed by atoms with E-state index in [4.69, 9.17) is 0 Å². The molecule has 2 aromatic carbocycles. The summed E-state index contributed by atoms with van der Waals surface area (Å²) in [6.45, 7) is 5.88. The molecule has 3 aromatic rings. The molecule has 1 aliphatic rings. The lowest BCUT2D eigenvalue weighted by molar-refractivity contribution is -0.116. The highest BCUT2D eigenvalue weighted by atomic mass is 32.1. The molecule has 1 N–H and O–H groups in total. The second-order valence-electron chi connectivity index (χ2n) is 7.78. The van der Waals surface area contributed by atoms with Gasteiger partial charge >= 0.3 is 0 Å². The highest BCUT2D eigenvalue weighted by Crippen LogP contribution is 2.32. The van der Waals surface area contributed by atoms with Crippen LogP contribution in [0.1, 0.15) is 33.6 Å². The largest absolute Gasteiger partial charge is 0.367 e. The molecule has 0 atom stereocenters. The van der Waals surface area contributed by atoms with Crippen molar-refractivity contribution in [1.29, 1.82) is 0 Å². The molecule has 0 saturated carbocycles. The van der Waals surface area contributed by atoms with Gasteiger partial charge in [0.1, 0.15) is 11.6 Å². The van der Waals surface area contributed by atoms with Gasteiger partial charge in [-0.1, -0.05) is 6.07 Å². The van der Waals surface area contributed by atoms with E-state index < -0.39 is 11.6 Å². The quantitative estimate of drug-likeness (QED) is 0.561. The predicted molar refractivity (Wildman–Crippen MR) is 118 cm³/mol. The molecule has 1 aromatic heterocycles. The molecule has 1 amide bonds. The Labute approximate surface area is 179 Å². The van der Waals surface area contributed by atoms with Crippen LogP contribution in [-0.4, -0.2) is 12.5 Å². The Bertz CT molecular complexity index is 1070. The van der Waals surface area contributed by atoms with Gasteiger partial charge in [-0.2, -0.15) is 0 Å². The number of benzene rings is 2. The van der Waals surface area contributed by atoms with Crippen LogP contribution in [0.3, 0.4) is 0 Å². The summed E-state index contributed by atoms with van der Waals surface area (Å²) in [5.41, 5.74) is 5.70. The number of rotatable bonds is 5. The van der Waals surface area contributed by atoms with Crippen molar-refractivity contribution < 1.29 is 13.6 Å². The molecular formula is C24H24F2N2OS. The van der Waals surface area contributed by atoms with Gasteiger partial charge in [-0.3, -0.25) is 4.79 Å². The fraction of sp³-hybridized carbons (Fsp3) is 0.292. The Morgan fingerprint density at radius 2 is 1.90 bits per heavy atom. The van der Waals surface area contributed by atoms with Gasteiger partial charge in [0.2, 0.25) is 5.91 Å². The highest BCUT2D eigenvalue weighted by Gasteiger charge is 2.19. The molecule has 0 unspecified atom stereocenters. The lowest BCUT2D eigenvalue weighted by Crippen LogP contribution is -2.29. The van der Waals surface area contributed by atoms with E-state index in [9.17, 15) is 13.6 Å². The first-order chi connectivity index (χ1) is 14.4. The summed E-state index contributed by atoms with van der Waals surface area (Å²) in [7, 11) is 0. The van der Waals surface area contributed by atoms with E-state index in [0.717, 1.165) is 48.1 Å². The standard InChI is InChI=1S/C24H24F2N2OS/c1-15-11-20(28-9-7-22-18(14-28)8-10-30-22)12-16(2)24(15)27-23(29)6-4-17-3-5-19(25)13-21(17)26/h3,5,8,10-13H,4,6-7,9,14H2,1-2H3,(H,27,29). The van der Waals surface area contributed by atoms with Crippen LogP contribution < -0.4 is 10.2 Å². The van der Waals surface area contributed by atoms with Crippen molar-refractivity contribution in [2.24, 2.45) is 0 Å². The molecule has 2 heterocycles. The first kappa shape index (κ1) is 20.5. The lowest BCUT2D eigenvalue weighted by Gasteiger charge is -2.30. The third-order valence-corrected chi connectivity index (χ3v) is 6.61. The number of anilines is 2. The molecule has 6 heteroatoms. The number of hydrogen-bond donors (Lipinski definition) is 1. The van der Waals surface area contributed by atoms with Crippen LogP contribution in [0.2, 0.25) is 0 Å². The van der Waals surface area contributed by atoms with E-state index in [1.807, 2.05) is 25.2 Å². The van der Waals surface area contributed by atoms with E-state index in [1.165, 1.54) is 22.6 Å². The summed E-state index contributed by atoms with van der Waals surface area (Å²) < 4.78 is 26.8. The van der Waals surface area contributed by atoms with Crippen LogP contribution >= 0.6 is 11.3 Å². The number of fused-ring (bicyclic) bond motifs is 1. The van der Waals surface area contributed by atoms with E-state index >= 15 is 0 Å². The van der Waals surface area contributed by atoms with Crippen LogP contribution in [0.5, 0.6) is 0 Å². The van der Waals surface area contributed by atoms with Gasteiger partial charge in [0.05, 0.1) is 0 Å². The fourth-order valence-corrected chi connectivity index (χ4v) is 4.85. The summed E-state index contributed by atoms with van der Waals surface area (Å²) in [5.74, 6) is -1.41. The molecule has 30 heavy (non-hydrogen) atoms. The van der Waals surface area contributed by atoms with Crippen molar-refractivity contribution in [3.63, 3.8) is 0 Å². The van der Waals surface area contributed by atoms with Crippen molar-refractivity contribution in [3.05, 3.63) is 80.5 Å². The molecule has 0 aliphatic carbocycles. The normalized spacial score (nSPS) is 13.3. The van der Waals surface area contributed by atoms with Gasteiger partial charge in [-0.25, -0.2) is 8.78 Å². The van der Waals surface area contributed by atoms with Crippen molar-refractivity contribution >= 4 is 28.6 Å². The minimum atomic E-state index is -0.616. The molecule has 0 radical (unpaired) electrons. The van der Waals surface area contributed by atoms with Crippen molar-refractivity contribution in [2.45, 2.75) is 39.7 Å². The number of nitrogens with one attached hydrogen (secondary N) is 1. The van der Waals surface area contributed by atoms with Crippen molar-refractivity contribution in [1.82, 2.24) is 0 Å². The smallest absolute Gasteiger partial charge is 0.224 e. The second kappa shape index (κ2) is 8.56. The highest BCUT2D eigenvalue weighted by molar-refractivity contribution is 7.10. The molecular weight excluding hydrogens is 402 g/mol. The number of hydrogen-bond acceptors (Lipinski definition) is 3. The molecule has 156 valence electrons. The van der Waals surface area contributed by atoms with E-state index in [-0.39, 0.29) is 18.7 Å². The van der Waals surface area contributed by atoms with E-state index in [2.05, 4.69) is 33.8 Å². The molecule has 0 spiro atoms. The third-order valence-electron chi connectivity index (χ3n) is 5.59. The summed E-state index contributed by atoms with van der Waals surface area (Å²) in [6.07, 6.45) is 1.42. The average Bonchev–Trinajstić information content (AvgIpc) is 3.17. The van der Waals surface area contributed by atoms with E-state index in [1.54, 1.807) is 0 Å². The maximum absolute atomic E-state index is 13.8. The van der Waals surface area contributed by atoms with Gasteiger partial charge in [0.15, 0.2) is 0 Å². The number of nitrogens with zero attached hydrogens (tertiary/aromatic N) is 1. The molecule has 0 saturated heterocycles. The summed E-state index contributed by atoms with van der Waals surface area (Å²) in [5, 5.41) is 5.12. The Morgan fingerprint density at radius 3 is 2.63 bits per heavy atom. The first-order valence-electron chi connectivity index (χ1n) is 10.1. The number of carbonyl (C=O) groups is 1. The van der Waals surface area contributed by atoms with Crippen molar-refractivity contribution in [2.75, 3.05) is 16.8 Å². The zero-order chi connectivity index (χ0) is 21.3. The lowest BCUT2D eigenvalue weighted by atomic mass is 10.0. The summed E-state index contributed by atoms with van der Waals surface area (Å²) >= 11 is 1.83. The van der Waals surface area contributed by atoms with Crippen LogP contribution in [0.25, 0.3) is 0 Å². The Hall–Kier alpha value is -2.73. The zero-order valence-electron chi connectivity index (χ0n) is 17.1. The molecule has 0 bridgehead atoms. The minimum absolute atomic E-state index is 0.135. The van der Waals surface area contributed by atoms with Gasteiger partial charge in [-0.15, -0.1) is 11.3 Å². The van der Waals surface area contributed by atoms with Gasteiger partial charge < -0.3 is 10.2 Å². The van der Waals surface area contributed by atoms with E-state index in [0.29, 0.717) is 5.56 Å². The third kappa shape index (κ3) is 4.38. The fourth-order valence-electron chi connectivity index (χ4n) is 3.96. The first-order valence-corrected chi connectivity index (χ1v) is 10.9. The number of amides is 1. The second-order valence-corrected chi connectivity index (χ2v) is 8.78. The summed E-state index contributed by atoms with van der Waals surface area (Å²) in [4.78, 5) is 16.3. The topological polar surface area (TPSA) is 32.3 Å².